The van der Waals surface area contributed by atoms with Crippen molar-refractivity contribution in [1.82, 2.24) is 9.80 Å². The van der Waals surface area contributed by atoms with Crippen molar-refractivity contribution in [3.8, 4) is 0 Å². The Morgan fingerprint density at radius 3 is 2.36 bits per heavy atom. The van der Waals surface area contributed by atoms with Crippen LogP contribution in [-0.4, -0.2) is 66.3 Å². The molecule has 2 saturated carbocycles. The summed E-state index contributed by atoms with van der Waals surface area (Å²) in [7, 11) is 1.91. The average molecular weight is 627 g/mol. The molecule has 242 valence electrons. The molecule has 44 heavy (non-hydrogen) atoms. The molecule has 5 rings (SSSR count). The van der Waals surface area contributed by atoms with Crippen molar-refractivity contribution in [2.75, 3.05) is 33.2 Å². The van der Waals surface area contributed by atoms with E-state index >= 15 is 4.39 Å². The molecule has 2 aliphatic carbocycles. The Morgan fingerprint density at radius 1 is 1.07 bits per heavy atom. The van der Waals surface area contributed by atoms with Crippen LogP contribution in [0.2, 0.25) is 5.02 Å². The third kappa shape index (κ3) is 8.23. The Bertz CT molecular complexity index is 1300. The van der Waals surface area contributed by atoms with Crippen LogP contribution in [0.4, 0.5) is 4.39 Å². The molecule has 0 unspecified atom stereocenters. The SMILES string of the molecule is Cc1ccc(Cl)cc1[C@@H](CCN1CCC(C)(C)C1)CCN(C)[C@@H](C(=O)O)c1ccc(F)c(C)c1C1CCC(OC2CC2)CC1. The Labute approximate surface area is 269 Å². The second kappa shape index (κ2) is 14.2. The fraction of sp³-hybridized carbons (Fsp3) is 0.649. The number of benzene rings is 2. The average Bonchev–Trinajstić information content (AvgIpc) is 3.72. The van der Waals surface area contributed by atoms with Crippen LogP contribution in [0.5, 0.6) is 0 Å². The maximum Gasteiger partial charge on any atom is 0.325 e. The molecule has 0 bridgehead atoms. The normalized spacial score (nSPS) is 23.6. The fourth-order valence-corrected chi connectivity index (χ4v) is 7.96. The number of ether oxygens (including phenoxy) is 1. The van der Waals surface area contributed by atoms with Gasteiger partial charge in [0.05, 0.1) is 12.2 Å². The van der Waals surface area contributed by atoms with Gasteiger partial charge in [0.1, 0.15) is 11.9 Å². The van der Waals surface area contributed by atoms with Crippen molar-refractivity contribution in [3.63, 3.8) is 0 Å². The highest BCUT2D eigenvalue weighted by molar-refractivity contribution is 6.30. The van der Waals surface area contributed by atoms with E-state index in [0.717, 1.165) is 87.2 Å². The molecule has 0 aromatic heterocycles. The van der Waals surface area contributed by atoms with Gasteiger partial charge >= 0.3 is 5.97 Å². The summed E-state index contributed by atoms with van der Waals surface area (Å²) < 4.78 is 21.2. The summed E-state index contributed by atoms with van der Waals surface area (Å²) >= 11 is 6.48. The molecule has 0 amide bonds. The first-order chi connectivity index (χ1) is 20.9. The Morgan fingerprint density at radius 2 is 1.75 bits per heavy atom. The lowest BCUT2D eigenvalue weighted by Crippen LogP contribution is -2.34. The number of hydrogen-bond acceptors (Lipinski definition) is 4. The smallest absolute Gasteiger partial charge is 0.325 e. The maximum atomic E-state index is 15.0. The molecule has 3 fully saturated rings. The molecule has 2 atom stereocenters. The molecule has 0 radical (unpaired) electrons. The van der Waals surface area contributed by atoms with Crippen LogP contribution < -0.4 is 0 Å². The summed E-state index contributed by atoms with van der Waals surface area (Å²) in [4.78, 5) is 17.5. The molecular weight excluding hydrogens is 575 g/mol. The van der Waals surface area contributed by atoms with Crippen molar-refractivity contribution in [2.45, 2.75) is 116 Å². The van der Waals surface area contributed by atoms with Gasteiger partial charge in [0.25, 0.3) is 0 Å². The second-order valence-electron chi connectivity index (χ2n) is 14.7. The molecule has 1 N–H and O–H groups in total. The van der Waals surface area contributed by atoms with E-state index < -0.39 is 12.0 Å². The largest absolute Gasteiger partial charge is 0.480 e. The zero-order valence-electron chi connectivity index (χ0n) is 27.4. The van der Waals surface area contributed by atoms with E-state index in [-0.39, 0.29) is 23.8 Å². The number of likely N-dealkylation sites (N-methyl/N-ethyl adjacent to an activating group) is 1. The second-order valence-corrected chi connectivity index (χ2v) is 15.1. The lowest BCUT2D eigenvalue weighted by atomic mass is 9.77. The lowest BCUT2D eigenvalue weighted by molar-refractivity contribution is -0.143. The van der Waals surface area contributed by atoms with E-state index in [9.17, 15) is 9.90 Å². The monoisotopic (exact) mass is 626 g/mol. The van der Waals surface area contributed by atoms with Crippen molar-refractivity contribution in [1.29, 1.82) is 0 Å². The first-order valence-electron chi connectivity index (χ1n) is 16.8. The van der Waals surface area contributed by atoms with Gasteiger partial charge < -0.3 is 14.7 Å². The van der Waals surface area contributed by atoms with Crippen LogP contribution >= 0.6 is 11.6 Å². The summed E-state index contributed by atoms with van der Waals surface area (Å²) in [6.45, 7) is 12.5. The minimum atomic E-state index is -0.889. The predicted octanol–water partition coefficient (Wildman–Crippen LogP) is 8.65. The van der Waals surface area contributed by atoms with Crippen LogP contribution in [0, 0.1) is 25.1 Å². The van der Waals surface area contributed by atoms with E-state index in [1.807, 2.05) is 24.9 Å². The van der Waals surface area contributed by atoms with Crippen LogP contribution in [-0.2, 0) is 9.53 Å². The van der Waals surface area contributed by atoms with Gasteiger partial charge in [-0.25, -0.2) is 4.39 Å². The summed E-state index contributed by atoms with van der Waals surface area (Å²) in [5.41, 5.74) is 5.05. The number of hydrogen-bond donors (Lipinski definition) is 1. The molecule has 1 aliphatic heterocycles. The van der Waals surface area contributed by atoms with Crippen molar-refractivity contribution < 1.29 is 19.0 Å². The van der Waals surface area contributed by atoms with E-state index in [1.165, 1.54) is 23.6 Å². The van der Waals surface area contributed by atoms with Crippen molar-refractivity contribution >= 4 is 17.6 Å². The Balaban J connectivity index is 1.33. The van der Waals surface area contributed by atoms with Gasteiger partial charge in [-0.15, -0.1) is 0 Å². The number of aryl methyl sites for hydroxylation is 1. The summed E-state index contributed by atoms with van der Waals surface area (Å²) in [6.07, 6.45) is 9.73. The third-order valence-electron chi connectivity index (χ3n) is 10.5. The summed E-state index contributed by atoms with van der Waals surface area (Å²) in [5.74, 6) is -0.749. The zero-order chi connectivity index (χ0) is 31.6. The molecule has 5 nitrogen and oxygen atoms in total. The van der Waals surface area contributed by atoms with E-state index in [0.29, 0.717) is 23.6 Å². The number of rotatable bonds is 13. The highest BCUT2D eigenvalue weighted by Gasteiger charge is 2.35. The molecular formula is C37H52ClFN2O3. The third-order valence-corrected chi connectivity index (χ3v) is 10.7. The summed E-state index contributed by atoms with van der Waals surface area (Å²) in [5, 5.41) is 11.3. The number of nitrogens with zero attached hydrogens (tertiary/aromatic N) is 2. The van der Waals surface area contributed by atoms with Gasteiger partial charge in [-0.1, -0.05) is 37.6 Å². The predicted molar refractivity (Wildman–Crippen MR) is 176 cm³/mol. The first-order valence-corrected chi connectivity index (χ1v) is 17.2. The van der Waals surface area contributed by atoms with Gasteiger partial charge in [-0.2, -0.15) is 0 Å². The minimum Gasteiger partial charge on any atom is -0.480 e. The summed E-state index contributed by atoms with van der Waals surface area (Å²) in [6, 6.07) is 8.46. The Hall–Kier alpha value is -1.99. The number of halogens is 2. The van der Waals surface area contributed by atoms with Gasteiger partial charge in [-0.3, -0.25) is 9.69 Å². The zero-order valence-corrected chi connectivity index (χ0v) is 28.1. The molecule has 1 heterocycles. The molecule has 2 aromatic rings. The highest BCUT2D eigenvalue weighted by Crippen LogP contribution is 2.42. The minimum absolute atomic E-state index is 0.140. The van der Waals surface area contributed by atoms with Crippen LogP contribution in [0.15, 0.2) is 30.3 Å². The van der Waals surface area contributed by atoms with Gasteiger partial charge in [0.2, 0.25) is 0 Å². The number of carbonyl (C=O) groups is 1. The van der Waals surface area contributed by atoms with Crippen LogP contribution in [0.1, 0.15) is 117 Å². The van der Waals surface area contributed by atoms with Gasteiger partial charge in [0.15, 0.2) is 0 Å². The molecule has 0 spiro atoms. The fourth-order valence-electron chi connectivity index (χ4n) is 7.77. The molecule has 2 aromatic carbocycles. The molecule has 1 saturated heterocycles. The topological polar surface area (TPSA) is 53.0 Å². The van der Waals surface area contributed by atoms with Crippen molar-refractivity contribution in [2.24, 2.45) is 5.41 Å². The van der Waals surface area contributed by atoms with Crippen LogP contribution in [0.25, 0.3) is 0 Å². The molecule has 7 heteroatoms. The standard InChI is InChI=1S/C37H52ClFN2O3/c1-24-6-9-28(38)22-32(24)26(17-20-41-21-18-37(3,4)23-41)16-19-40(5)35(36(42)43)31-14-15-33(39)25(2)34(31)27-7-10-29(11-8-27)44-30-12-13-30/h6,9,14-15,22,26-27,29-30,35H,7-8,10-13,16-21,23H2,1-5H3,(H,42,43)/t26-,27?,29?,35-/m1/s1. The number of carboxylic acids is 1. The number of likely N-dealkylation sites (tertiary alicyclic amines) is 1. The van der Waals surface area contributed by atoms with Crippen molar-refractivity contribution in [3.05, 3.63) is 69.0 Å². The Kier molecular flexibility index (Phi) is 10.8. The lowest BCUT2D eigenvalue weighted by Gasteiger charge is -2.34. The quantitative estimate of drug-likeness (QED) is 0.241. The van der Waals surface area contributed by atoms with Gasteiger partial charge in [0, 0.05) is 11.6 Å². The number of aliphatic carboxylic acids is 1. The van der Waals surface area contributed by atoms with Crippen LogP contribution in [0.3, 0.4) is 0 Å². The number of carboxylic acid groups (broad SMARTS) is 1. The van der Waals surface area contributed by atoms with E-state index in [4.69, 9.17) is 16.3 Å². The van der Waals surface area contributed by atoms with Gasteiger partial charge in [-0.05, 0) is 162 Å². The van der Waals surface area contributed by atoms with E-state index in [1.54, 1.807) is 6.07 Å². The highest BCUT2D eigenvalue weighted by atomic mass is 35.5. The maximum absolute atomic E-state index is 15.0. The molecule has 3 aliphatic rings. The van der Waals surface area contributed by atoms with E-state index in [2.05, 4.69) is 37.8 Å². The first kappa shape index (κ1) is 33.4.